The molecule has 5 heteroatoms. The zero-order valence-electron chi connectivity index (χ0n) is 12.7. The van der Waals surface area contributed by atoms with E-state index >= 15 is 0 Å². The van der Waals surface area contributed by atoms with Crippen LogP contribution >= 0.6 is 0 Å². The summed E-state index contributed by atoms with van der Waals surface area (Å²) >= 11 is 0. The topological polar surface area (TPSA) is 50.3 Å². The van der Waals surface area contributed by atoms with Gasteiger partial charge in [-0.05, 0) is 33.4 Å². The lowest BCUT2D eigenvalue weighted by atomic mass is 10.1. The molecule has 0 unspecified atom stereocenters. The predicted molar refractivity (Wildman–Crippen MR) is 79.0 cm³/mol. The van der Waals surface area contributed by atoms with Crippen LogP contribution in [0.5, 0.6) is 5.88 Å². The second-order valence-corrected chi connectivity index (χ2v) is 5.13. The number of aromatic nitrogens is 2. The summed E-state index contributed by atoms with van der Waals surface area (Å²) in [7, 11) is 4.13. The first kappa shape index (κ1) is 15.7. The molecule has 1 aromatic rings. The predicted octanol–water partition coefficient (Wildman–Crippen LogP) is 2.36. The number of ether oxygens (including phenoxy) is 1. The molecule has 0 saturated carbocycles. The van der Waals surface area contributed by atoms with Crippen LogP contribution in [-0.2, 0) is 0 Å². The van der Waals surface area contributed by atoms with E-state index in [1.165, 1.54) is 0 Å². The molecular weight excluding hydrogens is 240 g/mol. The molecule has 1 aromatic heterocycles. The molecule has 0 aliphatic carbocycles. The summed E-state index contributed by atoms with van der Waals surface area (Å²) in [6.45, 7) is 8.86. The quantitative estimate of drug-likeness (QED) is 0.732. The van der Waals surface area contributed by atoms with Gasteiger partial charge in [0.25, 0.3) is 0 Å². The lowest BCUT2D eigenvalue weighted by Crippen LogP contribution is -2.16. The second kappa shape index (κ2) is 7.94. The second-order valence-electron chi connectivity index (χ2n) is 5.13. The highest BCUT2D eigenvalue weighted by Crippen LogP contribution is 2.29. The van der Waals surface area contributed by atoms with Crippen LogP contribution in [0.3, 0.4) is 0 Å². The summed E-state index contributed by atoms with van der Waals surface area (Å²) in [4.78, 5) is 10.7. The molecule has 0 aromatic carbocycles. The third-order valence-electron chi connectivity index (χ3n) is 2.76. The van der Waals surface area contributed by atoms with E-state index in [1.54, 1.807) is 6.33 Å². The van der Waals surface area contributed by atoms with Crippen molar-refractivity contribution in [2.45, 2.75) is 33.1 Å². The normalized spacial score (nSPS) is 11.1. The van der Waals surface area contributed by atoms with Gasteiger partial charge in [-0.1, -0.05) is 13.8 Å². The van der Waals surface area contributed by atoms with Crippen molar-refractivity contribution in [3.63, 3.8) is 0 Å². The van der Waals surface area contributed by atoms with Gasteiger partial charge >= 0.3 is 0 Å². The maximum Gasteiger partial charge on any atom is 0.222 e. The average Bonchev–Trinajstić information content (AvgIpc) is 2.34. The van der Waals surface area contributed by atoms with Crippen LogP contribution in [0.25, 0.3) is 0 Å². The first-order chi connectivity index (χ1) is 9.06. The molecule has 19 heavy (non-hydrogen) atoms. The molecule has 5 nitrogen and oxygen atoms in total. The maximum atomic E-state index is 5.82. The van der Waals surface area contributed by atoms with Gasteiger partial charge in [-0.15, -0.1) is 0 Å². The molecule has 0 amide bonds. The summed E-state index contributed by atoms with van der Waals surface area (Å²) in [6, 6.07) is 0. The van der Waals surface area contributed by atoms with Crippen LogP contribution in [-0.4, -0.2) is 48.7 Å². The number of hydrogen-bond donors (Lipinski definition) is 1. The molecule has 1 rings (SSSR count). The molecule has 0 bridgehead atoms. The molecule has 0 saturated heterocycles. The Labute approximate surface area is 116 Å². The Balaban J connectivity index is 2.73. The fourth-order valence-corrected chi connectivity index (χ4v) is 1.87. The number of hydrogen-bond acceptors (Lipinski definition) is 5. The smallest absolute Gasteiger partial charge is 0.222 e. The zero-order chi connectivity index (χ0) is 14.3. The molecule has 0 aliphatic rings. The Bertz CT molecular complexity index is 380. The van der Waals surface area contributed by atoms with E-state index in [4.69, 9.17) is 4.74 Å². The zero-order valence-corrected chi connectivity index (χ0v) is 12.7. The first-order valence-corrected chi connectivity index (χ1v) is 6.92. The summed E-state index contributed by atoms with van der Waals surface area (Å²) in [5.41, 5.74) is 1.06. The molecule has 0 spiro atoms. The number of anilines is 1. The fraction of sp³-hybridized carbons (Fsp3) is 0.714. The van der Waals surface area contributed by atoms with Crippen LogP contribution in [0.2, 0.25) is 0 Å². The monoisotopic (exact) mass is 266 g/mol. The molecule has 1 N–H and O–H groups in total. The van der Waals surface area contributed by atoms with E-state index in [9.17, 15) is 0 Å². The average molecular weight is 266 g/mol. The fourth-order valence-electron chi connectivity index (χ4n) is 1.87. The van der Waals surface area contributed by atoms with Gasteiger partial charge in [0, 0.05) is 13.1 Å². The molecule has 0 radical (unpaired) electrons. The van der Waals surface area contributed by atoms with Crippen LogP contribution in [0.1, 0.15) is 38.7 Å². The summed E-state index contributed by atoms with van der Waals surface area (Å²) in [5.74, 6) is 1.92. The van der Waals surface area contributed by atoms with Gasteiger partial charge in [0.05, 0.1) is 12.2 Å². The first-order valence-electron chi connectivity index (χ1n) is 6.92. The standard InChI is InChI=1S/C14H26N4O/c1-6-15-13-12(11(2)3)14(17-10-16-13)19-9-7-8-18(4)5/h10-11H,6-9H2,1-5H3,(H,15,16,17). The van der Waals surface area contributed by atoms with E-state index in [1.807, 2.05) is 0 Å². The number of nitrogens with zero attached hydrogens (tertiary/aromatic N) is 3. The number of rotatable bonds is 8. The van der Waals surface area contributed by atoms with Crippen molar-refractivity contribution in [1.29, 1.82) is 0 Å². The summed E-state index contributed by atoms with van der Waals surface area (Å²) in [6.07, 6.45) is 2.55. The van der Waals surface area contributed by atoms with Gasteiger partial charge in [-0.2, -0.15) is 0 Å². The minimum absolute atomic E-state index is 0.332. The number of nitrogens with one attached hydrogen (secondary N) is 1. The Morgan fingerprint density at radius 2 is 2.05 bits per heavy atom. The maximum absolute atomic E-state index is 5.82. The van der Waals surface area contributed by atoms with Gasteiger partial charge in [0.2, 0.25) is 5.88 Å². The highest BCUT2D eigenvalue weighted by atomic mass is 16.5. The molecule has 1 heterocycles. The molecule has 108 valence electrons. The Morgan fingerprint density at radius 3 is 2.63 bits per heavy atom. The van der Waals surface area contributed by atoms with Gasteiger partial charge in [0.15, 0.2) is 0 Å². The highest BCUT2D eigenvalue weighted by molar-refractivity contribution is 5.50. The van der Waals surface area contributed by atoms with Crippen molar-refractivity contribution in [2.24, 2.45) is 0 Å². The molecule has 0 fully saturated rings. The van der Waals surface area contributed by atoms with Crippen molar-refractivity contribution in [2.75, 3.05) is 39.1 Å². The largest absolute Gasteiger partial charge is 0.477 e. The van der Waals surface area contributed by atoms with E-state index in [2.05, 4.69) is 55.1 Å². The van der Waals surface area contributed by atoms with Crippen LogP contribution in [0.15, 0.2) is 6.33 Å². The summed E-state index contributed by atoms with van der Waals surface area (Å²) < 4.78 is 5.82. The van der Waals surface area contributed by atoms with E-state index in [-0.39, 0.29) is 0 Å². The SMILES string of the molecule is CCNc1ncnc(OCCCN(C)C)c1C(C)C. The van der Waals surface area contributed by atoms with Gasteiger partial charge in [-0.25, -0.2) is 9.97 Å². The third kappa shape index (κ3) is 5.03. The van der Waals surface area contributed by atoms with Crippen LogP contribution in [0.4, 0.5) is 5.82 Å². The van der Waals surface area contributed by atoms with Crippen molar-refractivity contribution in [1.82, 2.24) is 14.9 Å². The van der Waals surface area contributed by atoms with Crippen molar-refractivity contribution < 1.29 is 4.74 Å². The molecule has 0 atom stereocenters. The van der Waals surface area contributed by atoms with Crippen molar-refractivity contribution >= 4 is 5.82 Å². The Kier molecular flexibility index (Phi) is 6.56. The van der Waals surface area contributed by atoms with Crippen molar-refractivity contribution in [3.05, 3.63) is 11.9 Å². The summed E-state index contributed by atoms with van der Waals surface area (Å²) in [5, 5.41) is 3.27. The van der Waals surface area contributed by atoms with E-state index in [0.29, 0.717) is 18.4 Å². The van der Waals surface area contributed by atoms with E-state index < -0.39 is 0 Å². The lowest BCUT2D eigenvalue weighted by molar-refractivity contribution is 0.269. The third-order valence-corrected chi connectivity index (χ3v) is 2.76. The van der Waals surface area contributed by atoms with E-state index in [0.717, 1.165) is 30.9 Å². The van der Waals surface area contributed by atoms with Crippen molar-refractivity contribution in [3.8, 4) is 5.88 Å². The highest BCUT2D eigenvalue weighted by Gasteiger charge is 2.15. The minimum atomic E-state index is 0.332. The van der Waals surface area contributed by atoms with Gasteiger partial charge in [-0.3, -0.25) is 0 Å². The van der Waals surface area contributed by atoms with Gasteiger partial charge in [0.1, 0.15) is 12.1 Å². The van der Waals surface area contributed by atoms with Crippen LogP contribution < -0.4 is 10.1 Å². The van der Waals surface area contributed by atoms with Gasteiger partial charge < -0.3 is 15.0 Å². The minimum Gasteiger partial charge on any atom is -0.477 e. The Morgan fingerprint density at radius 1 is 1.32 bits per heavy atom. The molecule has 0 aliphatic heterocycles. The lowest BCUT2D eigenvalue weighted by Gasteiger charge is -2.17. The Hall–Kier alpha value is -1.36. The van der Waals surface area contributed by atoms with Crippen LogP contribution in [0, 0.1) is 0 Å². The molecular formula is C14H26N4O.